The maximum absolute atomic E-state index is 6.39. The second-order valence-corrected chi connectivity index (χ2v) is 9.97. The van der Waals surface area contributed by atoms with Crippen molar-refractivity contribution >= 4 is 5.82 Å². The summed E-state index contributed by atoms with van der Waals surface area (Å²) < 4.78 is 25.4. The Balaban J connectivity index is 1.40. The van der Waals surface area contributed by atoms with Gasteiger partial charge < -0.3 is 24.7 Å². The van der Waals surface area contributed by atoms with Crippen LogP contribution in [0, 0.1) is 0 Å². The zero-order valence-electron chi connectivity index (χ0n) is 22.4. The number of rotatable bonds is 13. The lowest BCUT2D eigenvalue weighted by molar-refractivity contribution is 0.243. The summed E-state index contributed by atoms with van der Waals surface area (Å²) in [6.45, 7) is 8.48. The Bertz CT molecular complexity index is 1270. The van der Waals surface area contributed by atoms with Gasteiger partial charge in [-0.1, -0.05) is 57.2 Å². The van der Waals surface area contributed by atoms with Crippen LogP contribution in [0.2, 0.25) is 0 Å². The van der Waals surface area contributed by atoms with Crippen LogP contribution in [0.1, 0.15) is 39.3 Å². The fraction of sp³-hybridized carbons (Fsp3) is 0.323. The molecule has 0 amide bonds. The predicted octanol–water partition coefficient (Wildman–Crippen LogP) is 6.45. The van der Waals surface area contributed by atoms with Gasteiger partial charge in [-0.2, -0.15) is 5.10 Å². The number of nitrogens with zero attached hydrogens (tertiary/aromatic N) is 2. The summed E-state index contributed by atoms with van der Waals surface area (Å²) in [5, 5.41) is 4.79. The van der Waals surface area contributed by atoms with E-state index in [1.54, 1.807) is 4.68 Å². The first-order chi connectivity index (χ1) is 18.4. The zero-order chi connectivity index (χ0) is 26.8. The first-order valence-electron chi connectivity index (χ1n) is 13.0. The highest BCUT2D eigenvalue weighted by Crippen LogP contribution is 2.32. The second kappa shape index (κ2) is 12.9. The Morgan fingerprint density at radius 2 is 1.18 bits per heavy atom. The fourth-order valence-corrected chi connectivity index (χ4v) is 3.73. The number of hydrogen-bond donors (Lipinski definition) is 1. The molecule has 4 aromatic rings. The molecule has 7 nitrogen and oxygen atoms in total. The van der Waals surface area contributed by atoms with Crippen LogP contribution in [0.15, 0.2) is 84.9 Å². The molecular weight excluding hydrogens is 478 g/mol. The molecule has 1 heterocycles. The Labute approximate surface area is 225 Å². The van der Waals surface area contributed by atoms with Crippen LogP contribution < -0.4 is 24.7 Å². The molecular formula is C31H37N3O4. The predicted molar refractivity (Wildman–Crippen MR) is 151 cm³/mol. The molecule has 4 rings (SSSR count). The van der Waals surface area contributed by atoms with E-state index in [0.717, 1.165) is 35.7 Å². The van der Waals surface area contributed by atoms with Crippen LogP contribution in [0.3, 0.4) is 0 Å². The van der Waals surface area contributed by atoms with Crippen molar-refractivity contribution < 1.29 is 18.9 Å². The molecule has 2 N–H and O–H groups in total. The van der Waals surface area contributed by atoms with E-state index in [2.05, 4.69) is 20.8 Å². The number of benzene rings is 3. The summed E-state index contributed by atoms with van der Waals surface area (Å²) >= 11 is 0. The second-order valence-electron chi connectivity index (χ2n) is 9.97. The molecule has 0 fully saturated rings. The van der Waals surface area contributed by atoms with Gasteiger partial charge in [-0.05, 0) is 36.4 Å². The number of ether oxygens (including phenoxy) is 4. The van der Waals surface area contributed by atoms with E-state index >= 15 is 0 Å². The van der Waals surface area contributed by atoms with Crippen LogP contribution in [0.5, 0.6) is 23.0 Å². The fourth-order valence-electron chi connectivity index (χ4n) is 3.73. The highest BCUT2D eigenvalue weighted by atomic mass is 16.5. The van der Waals surface area contributed by atoms with Crippen molar-refractivity contribution in [1.82, 2.24) is 9.78 Å². The maximum atomic E-state index is 6.39. The SMILES string of the molecule is CC(C)(C)c1cc(N)n(-c2cc(OCCCOc3ccccc3)ccc2OCCCOc2ccccc2)n1. The highest BCUT2D eigenvalue weighted by Gasteiger charge is 2.21. The van der Waals surface area contributed by atoms with Crippen molar-refractivity contribution in [3.8, 4) is 28.7 Å². The lowest BCUT2D eigenvalue weighted by Crippen LogP contribution is -2.13. The minimum Gasteiger partial charge on any atom is -0.493 e. The molecule has 0 unspecified atom stereocenters. The van der Waals surface area contributed by atoms with Crippen molar-refractivity contribution in [2.45, 2.75) is 39.0 Å². The number of nitrogen functional groups attached to an aromatic ring is 1. The zero-order valence-corrected chi connectivity index (χ0v) is 22.4. The molecule has 200 valence electrons. The van der Waals surface area contributed by atoms with Crippen molar-refractivity contribution in [1.29, 1.82) is 0 Å². The lowest BCUT2D eigenvalue weighted by atomic mass is 9.92. The Morgan fingerprint density at radius 3 is 1.71 bits per heavy atom. The van der Waals surface area contributed by atoms with Gasteiger partial charge in [-0.3, -0.25) is 0 Å². The minimum atomic E-state index is -0.137. The molecule has 3 aromatic carbocycles. The van der Waals surface area contributed by atoms with Gasteiger partial charge in [-0.15, -0.1) is 0 Å². The third kappa shape index (κ3) is 7.68. The molecule has 7 heteroatoms. The van der Waals surface area contributed by atoms with Crippen molar-refractivity contribution in [3.05, 3.63) is 90.6 Å². The topological polar surface area (TPSA) is 80.8 Å². The van der Waals surface area contributed by atoms with Gasteiger partial charge in [0.25, 0.3) is 0 Å². The Kier molecular flexibility index (Phi) is 9.14. The van der Waals surface area contributed by atoms with E-state index < -0.39 is 0 Å². The summed E-state index contributed by atoms with van der Waals surface area (Å²) in [6.07, 6.45) is 1.48. The van der Waals surface area contributed by atoms with E-state index in [9.17, 15) is 0 Å². The van der Waals surface area contributed by atoms with E-state index in [1.165, 1.54) is 0 Å². The normalized spacial score (nSPS) is 11.2. The van der Waals surface area contributed by atoms with E-state index in [1.807, 2.05) is 84.9 Å². The first-order valence-corrected chi connectivity index (χ1v) is 13.0. The quantitative estimate of drug-likeness (QED) is 0.206. The average molecular weight is 516 g/mol. The molecule has 0 bridgehead atoms. The van der Waals surface area contributed by atoms with Crippen LogP contribution in [0.4, 0.5) is 5.82 Å². The van der Waals surface area contributed by atoms with Gasteiger partial charge in [0.05, 0.1) is 32.1 Å². The summed E-state index contributed by atoms with van der Waals surface area (Å²) in [7, 11) is 0. The average Bonchev–Trinajstić information content (AvgIpc) is 3.32. The van der Waals surface area contributed by atoms with Gasteiger partial charge in [-0.25, -0.2) is 4.68 Å². The Hall–Kier alpha value is -4.13. The first kappa shape index (κ1) is 26.9. The van der Waals surface area contributed by atoms with E-state index in [-0.39, 0.29) is 5.41 Å². The summed E-state index contributed by atoms with van der Waals surface area (Å²) in [5.74, 6) is 3.64. The molecule has 1 aromatic heterocycles. The third-order valence-corrected chi connectivity index (χ3v) is 5.79. The van der Waals surface area contributed by atoms with Gasteiger partial charge in [0.2, 0.25) is 0 Å². The van der Waals surface area contributed by atoms with Crippen molar-refractivity contribution in [2.24, 2.45) is 0 Å². The lowest BCUT2D eigenvalue weighted by Gasteiger charge is -2.16. The van der Waals surface area contributed by atoms with Crippen LogP contribution >= 0.6 is 0 Å². The van der Waals surface area contributed by atoms with Gasteiger partial charge in [0.1, 0.15) is 34.5 Å². The standard InChI is InChI=1S/C31H37N3O4/c1-31(2,3)29-23-30(32)34(33-29)27-22-26(37-20-10-18-35-24-12-6-4-7-13-24)16-17-28(27)38-21-11-19-36-25-14-8-5-9-15-25/h4-9,12-17,22-23H,10-11,18-21,32H2,1-3H3. The van der Waals surface area contributed by atoms with E-state index in [0.29, 0.717) is 43.7 Å². The summed E-state index contributed by atoms with van der Waals surface area (Å²) in [5.41, 5.74) is 7.90. The molecule has 0 radical (unpaired) electrons. The molecule has 0 spiro atoms. The Morgan fingerprint density at radius 1 is 0.658 bits per heavy atom. The molecule has 0 aliphatic carbocycles. The van der Waals surface area contributed by atoms with Crippen LogP contribution in [0.25, 0.3) is 5.69 Å². The highest BCUT2D eigenvalue weighted by molar-refractivity contribution is 5.55. The number of para-hydroxylation sites is 2. The van der Waals surface area contributed by atoms with Crippen molar-refractivity contribution in [3.63, 3.8) is 0 Å². The number of anilines is 1. The molecule has 38 heavy (non-hydrogen) atoms. The number of hydrogen-bond acceptors (Lipinski definition) is 6. The molecule has 0 aliphatic heterocycles. The smallest absolute Gasteiger partial charge is 0.145 e. The van der Waals surface area contributed by atoms with Gasteiger partial charge >= 0.3 is 0 Å². The third-order valence-electron chi connectivity index (χ3n) is 5.79. The monoisotopic (exact) mass is 515 g/mol. The van der Waals surface area contributed by atoms with Crippen LogP contribution in [-0.4, -0.2) is 36.2 Å². The van der Waals surface area contributed by atoms with E-state index in [4.69, 9.17) is 29.8 Å². The molecule has 0 saturated carbocycles. The van der Waals surface area contributed by atoms with Crippen molar-refractivity contribution in [2.75, 3.05) is 32.2 Å². The number of nitrogens with two attached hydrogens (primary N) is 1. The maximum Gasteiger partial charge on any atom is 0.145 e. The van der Waals surface area contributed by atoms with Gasteiger partial charge in [0, 0.05) is 30.4 Å². The largest absolute Gasteiger partial charge is 0.493 e. The molecule has 0 atom stereocenters. The molecule has 0 saturated heterocycles. The van der Waals surface area contributed by atoms with Crippen LogP contribution in [-0.2, 0) is 5.41 Å². The summed E-state index contributed by atoms with van der Waals surface area (Å²) in [6, 6.07) is 27.2. The van der Waals surface area contributed by atoms with Gasteiger partial charge in [0.15, 0.2) is 0 Å². The number of aromatic nitrogens is 2. The minimum absolute atomic E-state index is 0.137. The summed E-state index contributed by atoms with van der Waals surface area (Å²) in [4.78, 5) is 0. The molecule has 0 aliphatic rings.